The fourth-order valence-electron chi connectivity index (χ4n) is 1.66. The van der Waals surface area contributed by atoms with Crippen LogP contribution in [0.5, 0.6) is 11.5 Å². The average Bonchev–Trinajstić information content (AvgIpc) is 2.43. The lowest BCUT2D eigenvalue weighted by molar-refractivity contribution is 0.112. The van der Waals surface area contributed by atoms with Crippen molar-refractivity contribution in [2.75, 3.05) is 27.4 Å². The maximum Gasteiger partial charge on any atom is 0.161 e. The topological polar surface area (TPSA) is 65.7 Å². The molecule has 0 amide bonds. The number of rotatable bonds is 8. The Kier molecular flexibility index (Phi) is 6.49. The van der Waals surface area contributed by atoms with Crippen LogP contribution in [0.15, 0.2) is 18.2 Å². The zero-order chi connectivity index (χ0) is 13.4. The molecule has 18 heavy (non-hydrogen) atoms. The monoisotopic (exact) mass is 254 g/mol. The van der Waals surface area contributed by atoms with Crippen molar-refractivity contribution < 1.29 is 14.2 Å². The second kappa shape index (κ2) is 7.92. The van der Waals surface area contributed by atoms with Gasteiger partial charge < -0.3 is 14.2 Å². The molecule has 0 aliphatic heterocycles. The van der Waals surface area contributed by atoms with Crippen molar-refractivity contribution >= 4 is 0 Å². The van der Waals surface area contributed by atoms with E-state index in [4.69, 9.17) is 20.1 Å². The number of nitrogens with two attached hydrogens (primary N) is 1. The first-order chi connectivity index (χ1) is 8.76. The molecule has 0 fully saturated rings. The molecule has 0 aliphatic carbocycles. The van der Waals surface area contributed by atoms with E-state index in [-0.39, 0.29) is 6.04 Å². The van der Waals surface area contributed by atoms with Crippen molar-refractivity contribution in [2.45, 2.75) is 19.4 Å². The first-order valence-corrected chi connectivity index (χ1v) is 6.02. The second-order valence-electron chi connectivity index (χ2n) is 3.91. The minimum atomic E-state index is -0.0589. The van der Waals surface area contributed by atoms with E-state index in [1.54, 1.807) is 14.2 Å². The summed E-state index contributed by atoms with van der Waals surface area (Å²) in [5.74, 6) is 6.93. The van der Waals surface area contributed by atoms with Gasteiger partial charge in [0.05, 0.1) is 26.9 Å². The third-order valence-corrected chi connectivity index (χ3v) is 2.64. The van der Waals surface area contributed by atoms with Gasteiger partial charge in [-0.15, -0.1) is 0 Å². The van der Waals surface area contributed by atoms with E-state index in [0.717, 1.165) is 18.6 Å². The molecule has 0 spiro atoms. The van der Waals surface area contributed by atoms with E-state index >= 15 is 0 Å². The summed E-state index contributed by atoms with van der Waals surface area (Å²) in [4.78, 5) is 0. The Morgan fingerprint density at radius 3 is 2.50 bits per heavy atom. The summed E-state index contributed by atoms with van der Waals surface area (Å²) >= 11 is 0. The molecular weight excluding hydrogens is 232 g/mol. The van der Waals surface area contributed by atoms with Gasteiger partial charge in [-0.3, -0.25) is 11.3 Å². The van der Waals surface area contributed by atoms with E-state index < -0.39 is 0 Å². The molecule has 1 aromatic carbocycles. The highest BCUT2D eigenvalue weighted by molar-refractivity contribution is 5.43. The molecule has 0 saturated heterocycles. The minimum Gasteiger partial charge on any atom is -0.493 e. The molecule has 1 unspecified atom stereocenters. The number of hydrogen-bond donors (Lipinski definition) is 2. The van der Waals surface area contributed by atoms with E-state index in [9.17, 15) is 0 Å². The molecule has 0 aliphatic rings. The molecule has 3 N–H and O–H groups in total. The summed E-state index contributed by atoms with van der Waals surface area (Å²) in [6.45, 7) is 3.33. The minimum absolute atomic E-state index is 0.0589. The molecule has 0 radical (unpaired) electrons. The van der Waals surface area contributed by atoms with E-state index in [2.05, 4.69) is 12.3 Å². The van der Waals surface area contributed by atoms with Crippen LogP contribution in [0.25, 0.3) is 0 Å². The van der Waals surface area contributed by atoms with E-state index in [1.807, 2.05) is 18.2 Å². The lowest BCUT2D eigenvalue weighted by atomic mass is 10.1. The molecule has 5 heteroatoms. The predicted molar refractivity (Wildman–Crippen MR) is 70.7 cm³/mol. The van der Waals surface area contributed by atoms with Crippen LogP contribution in [-0.4, -0.2) is 27.4 Å². The van der Waals surface area contributed by atoms with Crippen molar-refractivity contribution in [1.82, 2.24) is 5.43 Å². The van der Waals surface area contributed by atoms with Gasteiger partial charge in [0.1, 0.15) is 0 Å². The molecular formula is C13H22N2O3. The quantitative estimate of drug-likeness (QED) is 0.419. The Balaban J connectivity index is 2.79. The molecule has 0 heterocycles. The number of hydrazine groups is 1. The lowest BCUT2D eigenvalue weighted by Crippen LogP contribution is -2.31. The Labute approximate surface area is 108 Å². The second-order valence-corrected chi connectivity index (χ2v) is 3.91. The van der Waals surface area contributed by atoms with Crippen LogP contribution in [0.1, 0.15) is 24.9 Å². The average molecular weight is 254 g/mol. The summed E-state index contributed by atoms with van der Waals surface area (Å²) in [5, 5.41) is 0. The largest absolute Gasteiger partial charge is 0.493 e. The highest BCUT2D eigenvalue weighted by atomic mass is 16.5. The number of benzene rings is 1. The van der Waals surface area contributed by atoms with Gasteiger partial charge in [0.25, 0.3) is 0 Å². The van der Waals surface area contributed by atoms with Gasteiger partial charge in [-0.2, -0.15) is 0 Å². The van der Waals surface area contributed by atoms with Crippen LogP contribution in [0.2, 0.25) is 0 Å². The van der Waals surface area contributed by atoms with Crippen molar-refractivity contribution in [3.05, 3.63) is 23.8 Å². The van der Waals surface area contributed by atoms with Crippen LogP contribution in [0.4, 0.5) is 0 Å². The highest BCUT2D eigenvalue weighted by Gasteiger charge is 2.13. The van der Waals surface area contributed by atoms with Crippen molar-refractivity contribution in [3.63, 3.8) is 0 Å². The Morgan fingerprint density at radius 2 is 1.94 bits per heavy atom. The summed E-state index contributed by atoms with van der Waals surface area (Å²) in [5.41, 5.74) is 3.75. The van der Waals surface area contributed by atoms with Gasteiger partial charge >= 0.3 is 0 Å². The van der Waals surface area contributed by atoms with Crippen LogP contribution < -0.4 is 20.7 Å². The molecule has 0 saturated carbocycles. The highest BCUT2D eigenvalue weighted by Crippen LogP contribution is 2.29. The standard InChI is InChI=1S/C13H22N2O3/c1-4-7-18-9-11(15-14)10-5-6-12(16-2)13(8-10)17-3/h5-6,8,11,15H,4,7,9,14H2,1-3H3. The molecule has 1 rings (SSSR count). The van der Waals surface area contributed by atoms with Gasteiger partial charge in [0.2, 0.25) is 0 Å². The van der Waals surface area contributed by atoms with Gasteiger partial charge in [0, 0.05) is 6.61 Å². The van der Waals surface area contributed by atoms with E-state index in [0.29, 0.717) is 18.1 Å². The normalized spacial score (nSPS) is 12.2. The fraction of sp³-hybridized carbons (Fsp3) is 0.538. The molecule has 102 valence electrons. The zero-order valence-electron chi connectivity index (χ0n) is 11.2. The van der Waals surface area contributed by atoms with Crippen molar-refractivity contribution in [2.24, 2.45) is 5.84 Å². The smallest absolute Gasteiger partial charge is 0.161 e. The number of nitrogens with one attached hydrogen (secondary N) is 1. The van der Waals surface area contributed by atoms with Gasteiger partial charge in [-0.05, 0) is 24.1 Å². The van der Waals surface area contributed by atoms with Gasteiger partial charge in [-0.25, -0.2) is 0 Å². The van der Waals surface area contributed by atoms with Crippen LogP contribution in [-0.2, 0) is 4.74 Å². The van der Waals surface area contributed by atoms with Gasteiger partial charge in [0.15, 0.2) is 11.5 Å². The molecule has 5 nitrogen and oxygen atoms in total. The Morgan fingerprint density at radius 1 is 1.22 bits per heavy atom. The molecule has 0 aromatic heterocycles. The summed E-state index contributed by atoms with van der Waals surface area (Å²) < 4.78 is 16.0. The molecule has 1 atom stereocenters. The third-order valence-electron chi connectivity index (χ3n) is 2.64. The first-order valence-electron chi connectivity index (χ1n) is 6.02. The number of methoxy groups -OCH3 is 2. The first kappa shape index (κ1) is 14.8. The maximum absolute atomic E-state index is 5.55. The fourth-order valence-corrected chi connectivity index (χ4v) is 1.66. The van der Waals surface area contributed by atoms with Crippen molar-refractivity contribution in [3.8, 4) is 11.5 Å². The SMILES string of the molecule is CCCOCC(NN)c1ccc(OC)c(OC)c1. The summed E-state index contributed by atoms with van der Waals surface area (Å²) in [6, 6.07) is 5.65. The van der Waals surface area contributed by atoms with E-state index in [1.165, 1.54) is 0 Å². The summed E-state index contributed by atoms with van der Waals surface area (Å²) in [6.07, 6.45) is 0.989. The Hall–Kier alpha value is -1.30. The zero-order valence-corrected chi connectivity index (χ0v) is 11.2. The Bertz CT molecular complexity index is 358. The van der Waals surface area contributed by atoms with Crippen LogP contribution in [0.3, 0.4) is 0 Å². The number of ether oxygens (including phenoxy) is 3. The maximum atomic E-state index is 5.55. The van der Waals surface area contributed by atoms with Crippen molar-refractivity contribution in [1.29, 1.82) is 0 Å². The predicted octanol–water partition coefficient (Wildman–Crippen LogP) is 1.63. The summed E-state index contributed by atoms with van der Waals surface area (Å²) in [7, 11) is 3.22. The van der Waals surface area contributed by atoms with Crippen LogP contribution in [0, 0.1) is 0 Å². The van der Waals surface area contributed by atoms with Crippen LogP contribution >= 0.6 is 0 Å². The lowest BCUT2D eigenvalue weighted by Gasteiger charge is -2.18. The number of hydrogen-bond acceptors (Lipinski definition) is 5. The third kappa shape index (κ3) is 3.87. The molecule has 0 bridgehead atoms. The molecule has 1 aromatic rings. The van der Waals surface area contributed by atoms with Gasteiger partial charge in [-0.1, -0.05) is 13.0 Å².